The van der Waals surface area contributed by atoms with Crippen molar-refractivity contribution in [3.05, 3.63) is 41.3 Å². The molecule has 4 heteroatoms. The van der Waals surface area contributed by atoms with Gasteiger partial charge in [0.05, 0.1) is 5.69 Å². The van der Waals surface area contributed by atoms with Crippen LogP contribution in [0.2, 0.25) is 0 Å². The van der Waals surface area contributed by atoms with Crippen molar-refractivity contribution in [1.29, 1.82) is 0 Å². The Morgan fingerprint density at radius 2 is 2.18 bits per heavy atom. The van der Waals surface area contributed by atoms with Crippen LogP contribution in [0.25, 0.3) is 5.82 Å². The van der Waals surface area contributed by atoms with Crippen LogP contribution in [0, 0.1) is 6.92 Å². The number of hydrogen-bond donors (Lipinski definition) is 1. The highest BCUT2D eigenvalue weighted by Gasteiger charge is 2.25. The van der Waals surface area contributed by atoms with Crippen molar-refractivity contribution in [1.82, 2.24) is 14.8 Å². The summed E-state index contributed by atoms with van der Waals surface area (Å²) in [4.78, 5) is 4.53. The summed E-state index contributed by atoms with van der Waals surface area (Å²) in [6.45, 7) is 2.52. The summed E-state index contributed by atoms with van der Waals surface area (Å²) in [6.07, 6.45) is 4.53. The molecule has 1 aliphatic carbocycles. The lowest BCUT2D eigenvalue weighted by Crippen LogP contribution is -2.05. The molecule has 1 fully saturated rings. The number of aryl methyl sites for hydroxylation is 1. The van der Waals surface area contributed by atoms with E-state index in [-0.39, 0.29) is 0 Å². The second-order valence-electron chi connectivity index (χ2n) is 4.58. The van der Waals surface area contributed by atoms with Crippen molar-refractivity contribution in [3.63, 3.8) is 0 Å². The fourth-order valence-corrected chi connectivity index (χ4v) is 1.98. The van der Waals surface area contributed by atoms with Gasteiger partial charge in [-0.2, -0.15) is 5.10 Å². The second kappa shape index (κ2) is 3.96. The molecule has 0 amide bonds. The molecule has 0 saturated heterocycles. The van der Waals surface area contributed by atoms with E-state index in [4.69, 9.17) is 5.73 Å². The number of nitrogens with two attached hydrogens (primary N) is 1. The fourth-order valence-electron chi connectivity index (χ4n) is 1.98. The predicted molar refractivity (Wildman–Crippen MR) is 66.0 cm³/mol. The van der Waals surface area contributed by atoms with Gasteiger partial charge in [0.25, 0.3) is 0 Å². The zero-order valence-corrected chi connectivity index (χ0v) is 9.93. The summed E-state index contributed by atoms with van der Waals surface area (Å²) in [5, 5.41) is 4.56. The molecule has 0 aromatic carbocycles. The first kappa shape index (κ1) is 10.5. The normalized spacial score (nSPS) is 15.2. The van der Waals surface area contributed by atoms with Gasteiger partial charge in [-0.15, -0.1) is 0 Å². The molecule has 2 aromatic rings. The maximum Gasteiger partial charge on any atom is 0.153 e. The Balaban J connectivity index is 1.93. The average Bonchev–Trinajstić information content (AvgIpc) is 3.07. The monoisotopic (exact) mass is 228 g/mol. The molecule has 2 N–H and O–H groups in total. The van der Waals surface area contributed by atoms with Gasteiger partial charge in [-0.05, 0) is 37.5 Å². The van der Waals surface area contributed by atoms with Crippen LogP contribution in [0.3, 0.4) is 0 Å². The molecule has 4 nitrogen and oxygen atoms in total. The van der Waals surface area contributed by atoms with E-state index in [9.17, 15) is 0 Å². The summed E-state index contributed by atoms with van der Waals surface area (Å²) in [5.41, 5.74) is 8.88. The van der Waals surface area contributed by atoms with E-state index in [2.05, 4.69) is 16.1 Å². The highest BCUT2D eigenvalue weighted by atomic mass is 15.3. The summed E-state index contributed by atoms with van der Waals surface area (Å²) in [6, 6.07) is 6.08. The first-order chi connectivity index (χ1) is 8.28. The van der Waals surface area contributed by atoms with Gasteiger partial charge in [0.1, 0.15) is 0 Å². The minimum Gasteiger partial charge on any atom is -0.326 e. The number of pyridine rings is 1. The van der Waals surface area contributed by atoms with E-state index < -0.39 is 0 Å². The van der Waals surface area contributed by atoms with E-state index >= 15 is 0 Å². The van der Waals surface area contributed by atoms with Crippen molar-refractivity contribution < 1.29 is 0 Å². The summed E-state index contributed by atoms with van der Waals surface area (Å²) >= 11 is 0. The third kappa shape index (κ3) is 1.96. The molecule has 0 spiro atoms. The van der Waals surface area contributed by atoms with Crippen LogP contribution in [0.5, 0.6) is 0 Å². The molecule has 0 unspecified atom stereocenters. The van der Waals surface area contributed by atoms with Gasteiger partial charge in [0.15, 0.2) is 5.82 Å². The van der Waals surface area contributed by atoms with E-state index in [1.807, 2.05) is 29.9 Å². The molecule has 0 radical (unpaired) electrons. The lowest BCUT2D eigenvalue weighted by molar-refractivity contribution is 0.804. The Labute approximate surface area is 100 Å². The van der Waals surface area contributed by atoms with E-state index in [0.29, 0.717) is 12.5 Å². The standard InChI is InChI=1S/C13H16N4/c1-9-11(8-14)4-5-13(15-9)17-7-6-12(16-17)10-2-3-10/h4-7,10H,2-3,8,14H2,1H3. The zero-order chi connectivity index (χ0) is 11.8. The van der Waals surface area contributed by atoms with Gasteiger partial charge < -0.3 is 5.73 Å². The largest absolute Gasteiger partial charge is 0.326 e. The van der Waals surface area contributed by atoms with Gasteiger partial charge in [-0.1, -0.05) is 6.07 Å². The number of rotatable bonds is 3. The molecule has 1 saturated carbocycles. The Bertz CT molecular complexity index is 540. The topological polar surface area (TPSA) is 56.7 Å². The quantitative estimate of drug-likeness (QED) is 0.873. The molecule has 0 bridgehead atoms. The second-order valence-corrected chi connectivity index (χ2v) is 4.58. The van der Waals surface area contributed by atoms with Gasteiger partial charge in [-0.3, -0.25) is 0 Å². The number of hydrogen-bond acceptors (Lipinski definition) is 3. The maximum atomic E-state index is 5.63. The predicted octanol–water partition coefficient (Wildman–Crippen LogP) is 1.91. The summed E-state index contributed by atoms with van der Waals surface area (Å²) < 4.78 is 1.85. The van der Waals surface area contributed by atoms with Crippen LogP contribution < -0.4 is 5.73 Å². The van der Waals surface area contributed by atoms with E-state index in [1.165, 1.54) is 18.5 Å². The molecule has 1 aliphatic rings. The molecule has 17 heavy (non-hydrogen) atoms. The molecule has 0 aliphatic heterocycles. The van der Waals surface area contributed by atoms with E-state index in [0.717, 1.165) is 17.1 Å². The van der Waals surface area contributed by atoms with Crippen LogP contribution in [0.1, 0.15) is 35.7 Å². The minimum atomic E-state index is 0.533. The fraction of sp³-hybridized carbons (Fsp3) is 0.385. The van der Waals surface area contributed by atoms with Crippen molar-refractivity contribution in [2.45, 2.75) is 32.2 Å². The molecule has 0 atom stereocenters. The SMILES string of the molecule is Cc1nc(-n2ccc(C3CC3)n2)ccc1CN. The van der Waals surface area contributed by atoms with Crippen LogP contribution in [0.4, 0.5) is 0 Å². The van der Waals surface area contributed by atoms with Crippen LogP contribution in [0.15, 0.2) is 24.4 Å². The molecular formula is C13H16N4. The highest BCUT2D eigenvalue weighted by Crippen LogP contribution is 2.38. The van der Waals surface area contributed by atoms with Gasteiger partial charge in [-0.25, -0.2) is 9.67 Å². The molecule has 2 aromatic heterocycles. The van der Waals surface area contributed by atoms with Crippen LogP contribution in [-0.4, -0.2) is 14.8 Å². The smallest absolute Gasteiger partial charge is 0.153 e. The van der Waals surface area contributed by atoms with Gasteiger partial charge in [0, 0.05) is 24.4 Å². The van der Waals surface area contributed by atoms with Crippen LogP contribution in [-0.2, 0) is 6.54 Å². The van der Waals surface area contributed by atoms with Crippen molar-refractivity contribution in [3.8, 4) is 5.82 Å². The average molecular weight is 228 g/mol. The number of aromatic nitrogens is 3. The Kier molecular flexibility index (Phi) is 2.44. The van der Waals surface area contributed by atoms with Gasteiger partial charge in [0.2, 0.25) is 0 Å². The lowest BCUT2D eigenvalue weighted by atomic mass is 10.2. The number of nitrogens with zero attached hydrogens (tertiary/aromatic N) is 3. The Hall–Kier alpha value is -1.68. The Morgan fingerprint density at radius 3 is 2.82 bits per heavy atom. The summed E-state index contributed by atoms with van der Waals surface area (Å²) in [5.74, 6) is 1.55. The highest BCUT2D eigenvalue weighted by molar-refractivity contribution is 5.30. The van der Waals surface area contributed by atoms with Gasteiger partial charge >= 0.3 is 0 Å². The maximum absolute atomic E-state index is 5.63. The zero-order valence-electron chi connectivity index (χ0n) is 9.93. The van der Waals surface area contributed by atoms with Crippen LogP contribution >= 0.6 is 0 Å². The van der Waals surface area contributed by atoms with Crippen molar-refractivity contribution in [2.24, 2.45) is 5.73 Å². The third-order valence-electron chi connectivity index (χ3n) is 3.24. The van der Waals surface area contributed by atoms with Crippen molar-refractivity contribution >= 4 is 0 Å². The first-order valence-corrected chi connectivity index (χ1v) is 6.00. The minimum absolute atomic E-state index is 0.533. The molecule has 88 valence electrons. The van der Waals surface area contributed by atoms with E-state index in [1.54, 1.807) is 0 Å². The molecule has 2 heterocycles. The summed E-state index contributed by atoms with van der Waals surface area (Å²) in [7, 11) is 0. The first-order valence-electron chi connectivity index (χ1n) is 6.00. The molecular weight excluding hydrogens is 212 g/mol. The van der Waals surface area contributed by atoms with Crippen molar-refractivity contribution in [2.75, 3.05) is 0 Å². The third-order valence-corrected chi connectivity index (χ3v) is 3.24. The molecule has 3 rings (SSSR count). The Morgan fingerprint density at radius 1 is 1.35 bits per heavy atom. The lowest BCUT2D eigenvalue weighted by Gasteiger charge is -2.05.